The molecule has 0 aliphatic carbocycles. The van der Waals surface area contributed by atoms with Gasteiger partial charge in [-0.1, -0.05) is 23.4 Å². The maximum absolute atomic E-state index is 13.8. The van der Waals surface area contributed by atoms with E-state index >= 15 is 0 Å². The van der Waals surface area contributed by atoms with Gasteiger partial charge in [-0.3, -0.25) is 9.48 Å². The number of nitrogens with zero attached hydrogens (tertiary/aromatic N) is 3. The smallest absolute Gasteiger partial charge is 0.279 e. The Morgan fingerprint density at radius 3 is 2.66 bits per heavy atom. The van der Waals surface area contributed by atoms with Crippen molar-refractivity contribution in [1.82, 2.24) is 14.9 Å². The van der Waals surface area contributed by atoms with E-state index in [0.717, 1.165) is 0 Å². The van der Waals surface area contributed by atoms with E-state index in [1.807, 2.05) is 0 Å². The summed E-state index contributed by atoms with van der Waals surface area (Å²) < 4.78 is 34.1. The van der Waals surface area contributed by atoms with Crippen LogP contribution in [-0.2, 0) is 6.54 Å². The van der Waals surface area contributed by atoms with Crippen LogP contribution < -0.4 is 5.32 Å². The molecule has 0 saturated carbocycles. The number of carbonyl (C=O) groups is 1. The fraction of sp³-hybridized carbons (Fsp3) is 0.0500. The predicted octanol–water partition coefficient (Wildman–Crippen LogP) is 4.88. The van der Waals surface area contributed by atoms with Crippen LogP contribution in [0, 0.1) is 11.6 Å². The second-order valence-corrected chi connectivity index (χ2v) is 7.01. The number of halogens is 3. The number of nitrogens with one attached hydrogen (secondary N) is 1. The van der Waals surface area contributed by atoms with Crippen LogP contribution in [0.15, 0.2) is 69.8 Å². The molecule has 0 atom stereocenters. The summed E-state index contributed by atoms with van der Waals surface area (Å²) in [7, 11) is 0. The third kappa shape index (κ3) is 4.24. The highest BCUT2D eigenvalue weighted by molar-refractivity contribution is 9.10. The van der Waals surface area contributed by atoms with Crippen molar-refractivity contribution in [1.29, 1.82) is 0 Å². The average Bonchev–Trinajstić information content (AvgIpc) is 3.32. The van der Waals surface area contributed by atoms with Crippen molar-refractivity contribution in [2.45, 2.75) is 6.54 Å². The molecule has 0 fully saturated rings. The SMILES string of the molecule is O=C(Nc1nn(Cc2ccccc2F)cc1Br)c1cc(-c2ccc(F)cc2)on1. The molecule has 6 nitrogen and oxygen atoms in total. The zero-order valence-corrected chi connectivity index (χ0v) is 16.4. The molecule has 2 heterocycles. The van der Waals surface area contributed by atoms with Crippen molar-refractivity contribution < 1.29 is 18.1 Å². The number of hydrogen-bond acceptors (Lipinski definition) is 4. The van der Waals surface area contributed by atoms with Crippen LogP contribution in [0.1, 0.15) is 16.1 Å². The minimum Gasteiger partial charge on any atom is -0.355 e. The fourth-order valence-corrected chi connectivity index (χ4v) is 3.08. The summed E-state index contributed by atoms with van der Waals surface area (Å²) in [6, 6.07) is 13.5. The van der Waals surface area contributed by atoms with E-state index in [1.165, 1.54) is 41.1 Å². The van der Waals surface area contributed by atoms with E-state index < -0.39 is 5.91 Å². The molecule has 1 amide bonds. The van der Waals surface area contributed by atoms with Gasteiger partial charge in [0.2, 0.25) is 0 Å². The van der Waals surface area contributed by atoms with E-state index in [0.29, 0.717) is 21.4 Å². The summed E-state index contributed by atoms with van der Waals surface area (Å²) in [5, 5.41) is 10.6. The van der Waals surface area contributed by atoms with Gasteiger partial charge in [0.05, 0.1) is 11.0 Å². The molecule has 4 rings (SSSR count). The van der Waals surface area contributed by atoms with E-state index in [1.54, 1.807) is 24.4 Å². The lowest BCUT2D eigenvalue weighted by Gasteiger charge is -2.03. The summed E-state index contributed by atoms with van der Waals surface area (Å²) in [4.78, 5) is 12.5. The first-order valence-electron chi connectivity index (χ1n) is 8.50. The topological polar surface area (TPSA) is 73.0 Å². The summed E-state index contributed by atoms with van der Waals surface area (Å²) in [6.07, 6.45) is 1.63. The van der Waals surface area contributed by atoms with Gasteiger partial charge in [0.1, 0.15) is 11.6 Å². The third-order valence-electron chi connectivity index (χ3n) is 4.11. The van der Waals surface area contributed by atoms with Crippen LogP contribution >= 0.6 is 15.9 Å². The monoisotopic (exact) mass is 458 g/mol. The second-order valence-electron chi connectivity index (χ2n) is 6.15. The van der Waals surface area contributed by atoms with Crippen LogP contribution in [0.4, 0.5) is 14.6 Å². The van der Waals surface area contributed by atoms with Crippen LogP contribution in [-0.4, -0.2) is 20.8 Å². The zero-order chi connectivity index (χ0) is 20.4. The maximum atomic E-state index is 13.8. The molecule has 0 spiro atoms. The number of benzene rings is 2. The predicted molar refractivity (Wildman–Crippen MR) is 105 cm³/mol. The molecule has 0 aliphatic rings. The number of hydrogen-bond donors (Lipinski definition) is 1. The van der Waals surface area contributed by atoms with Gasteiger partial charge in [-0.2, -0.15) is 5.10 Å². The number of amides is 1. The van der Waals surface area contributed by atoms with Crippen LogP contribution in [0.2, 0.25) is 0 Å². The largest absolute Gasteiger partial charge is 0.355 e. The van der Waals surface area contributed by atoms with Gasteiger partial charge in [0.15, 0.2) is 17.3 Å². The average molecular weight is 459 g/mol. The van der Waals surface area contributed by atoms with Crippen molar-refractivity contribution in [2.75, 3.05) is 5.32 Å². The standard InChI is InChI=1S/C20H13BrF2N4O2/c21-15-11-27(10-13-3-1-2-4-16(13)23)25-19(15)24-20(28)17-9-18(29-26-17)12-5-7-14(22)8-6-12/h1-9,11H,10H2,(H,24,25,28). The van der Waals surface area contributed by atoms with Gasteiger partial charge in [-0.15, -0.1) is 0 Å². The lowest BCUT2D eigenvalue weighted by atomic mass is 10.1. The molecule has 2 aromatic carbocycles. The Labute approximate surface area is 172 Å². The molecule has 0 bridgehead atoms. The van der Waals surface area contributed by atoms with Crippen LogP contribution in [0.5, 0.6) is 0 Å². The van der Waals surface area contributed by atoms with Gasteiger partial charge in [0.25, 0.3) is 5.91 Å². The Morgan fingerprint density at radius 2 is 1.90 bits per heavy atom. The van der Waals surface area contributed by atoms with Gasteiger partial charge in [-0.05, 0) is 46.3 Å². The first kappa shape index (κ1) is 19.0. The Balaban J connectivity index is 1.48. The molecule has 0 unspecified atom stereocenters. The van der Waals surface area contributed by atoms with Crippen molar-refractivity contribution in [3.05, 3.63) is 88.2 Å². The maximum Gasteiger partial charge on any atom is 0.279 e. The molecule has 0 radical (unpaired) electrons. The molecule has 1 N–H and O–H groups in total. The Bertz CT molecular complexity index is 1170. The summed E-state index contributed by atoms with van der Waals surface area (Å²) in [5.74, 6) is -0.640. The van der Waals surface area contributed by atoms with E-state index in [4.69, 9.17) is 4.52 Å². The van der Waals surface area contributed by atoms with Gasteiger partial charge in [0, 0.05) is 23.4 Å². The minimum atomic E-state index is -0.529. The minimum absolute atomic E-state index is 0.0416. The number of carbonyl (C=O) groups excluding carboxylic acids is 1. The fourth-order valence-electron chi connectivity index (χ4n) is 2.67. The first-order chi connectivity index (χ1) is 14.0. The van der Waals surface area contributed by atoms with Gasteiger partial charge < -0.3 is 9.84 Å². The van der Waals surface area contributed by atoms with Crippen molar-refractivity contribution in [2.24, 2.45) is 0 Å². The number of anilines is 1. The van der Waals surface area contributed by atoms with E-state index in [2.05, 4.69) is 31.5 Å². The normalized spacial score (nSPS) is 10.9. The molecule has 4 aromatic rings. The molecule has 9 heteroatoms. The quantitative estimate of drug-likeness (QED) is 0.462. The molecule has 146 valence electrons. The molecule has 0 aliphatic heterocycles. The second kappa shape index (κ2) is 7.96. The van der Waals surface area contributed by atoms with Crippen molar-refractivity contribution >= 4 is 27.7 Å². The summed E-state index contributed by atoms with van der Waals surface area (Å²) in [6.45, 7) is 0.208. The molecular weight excluding hydrogens is 446 g/mol. The molecular formula is C20H13BrF2N4O2. The van der Waals surface area contributed by atoms with E-state index in [-0.39, 0.29) is 29.7 Å². The highest BCUT2D eigenvalue weighted by atomic mass is 79.9. The van der Waals surface area contributed by atoms with Gasteiger partial charge in [-0.25, -0.2) is 8.78 Å². The van der Waals surface area contributed by atoms with Crippen molar-refractivity contribution in [3.63, 3.8) is 0 Å². The third-order valence-corrected chi connectivity index (χ3v) is 4.69. The zero-order valence-electron chi connectivity index (χ0n) is 14.8. The Morgan fingerprint density at radius 1 is 1.14 bits per heavy atom. The lowest BCUT2D eigenvalue weighted by Crippen LogP contribution is -2.13. The Hall–Kier alpha value is -3.33. The van der Waals surface area contributed by atoms with Crippen LogP contribution in [0.3, 0.4) is 0 Å². The highest BCUT2D eigenvalue weighted by Gasteiger charge is 2.17. The lowest BCUT2D eigenvalue weighted by molar-refractivity contribution is 0.101. The number of rotatable bonds is 5. The molecule has 29 heavy (non-hydrogen) atoms. The highest BCUT2D eigenvalue weighted by Crippen LogP contribution is 2.24. The van der Waals surface area contributed by atoms with Crippen LogP contribution in [0.25, 0.3) is 11.3 Å². The molecule has 0 saturated heterocycles. The summed E-state index contributed by atoms with van der Waals surface area (Å²) >= 11 is 3.33. The Kier molecular flexibility index (Phi) is 5.22. The summed E-state index contributed by atoms with van der Waals surface area (Å²) in [5.41, 5.74) is 1.11. The number of aromatic nitrogens is 3. The van der Waals surface area contributed by atoms with E-state index in [9.17, 15) is 13.6 Å². The first-order valence-corrected chi connectivity index (χ1v) is 9.29. The van der Waals surface area contributed by atoms with Gasteiger partial charge >= 0.3 is 0 Å². The van der Waals surface area contributed by atoms with Crippen molar-refractivity contribution in [3.8, 4) is 11.3 Å². The molecule has 2 aromatic heterocycles.